The second-order valence-electron chi connectivity index (χ2n) is 5.43. The molecule has 0 aliphatic carbocycles. The first kappa shape index (κ1) is 13.5. The minimum Gasteiger partial charge on any atom is -0.330 e. The van der Waals surface area contributed by atoms with Crippen molar-refractivity contribution in [1.29, 1.82) is 0 Å². The van der Waals surface area contributed by atoms with Crippen LogP contribution in [0.3, 0.4) is 0 Å². The lowest BCUT2D eigenvalue weighted by Gasteiger charge is -2.39. The lowest BCUT2D eigenvalue weighted by atomic mass is 10.1. The molecule has 5 heteroatoms. The molecule has 2 aliphatic heterocycles. The van der Waals surface area contributed by atoms with Crippen LogP contribution in [0.1, 0.15) is 34.0 Å². The number of thiophene rings is 1. The zero-order chi connectivity index (χ0) is 13.4. The number of thioether (sulfide) groups is 1. The predicted octanol–water partition coefficient (Wildman–Crippen LogP) is 2.36. The van der Waals surface area contributed by atoms with Gasteiger partial charge in [0.25, 0.3) is 5.91 Å². The highest BCUT2D eigenvalue weighted by molar-refractivity contribution is 7.98. The van der Waals surface area contributed by atoms with E-state index in [0.29, 0.717) is 0 Å². The Labute approximate surface area is 122 Å². The average Bonchev–Trinajstić information content (AvgIpc) is 2.82. The fourth-order valence-corrected chi connectivity index (χ4v) is 5.23. The first-order valence-electron chi connectivity index (χ1n) is 6.89. The molecule has 3 rings (SSSR count). The molecule has 1 amide bonds. The molecule has 104 valence electrons. The maximum absolute atomic E-state index is 12.7. The molecule has 0 spiro atoms. The first-order chi connectivity index (χ1) is 9.16. The minimum atomic E-state index is 0.228. The summed E-state index contributed by atoms with van der Waals surface area (Å²) < 4.78 is 0. The Morgan fingerprint density at radius 1 is 1.37 bits per heavy atom. The van der Waals surface area contributed by atoms with Crippen molar-refractivity contribution < 1.29 is 4.79 Å². The summed E-state index contributed by atoms with van der Waals surface area (Å²) in [6.45, 7) is 6.06. The topological polar surface area (TPSA) is 32.3 Å². The van der Waals surface area contributed by atoms with Crippen molar-refractivity contribution in [3.63, 3.8) is 0 Å². The van der Waals surface area contributed by atoms with Crippen LogP contribution in [0.2, 0.25) is 0 Å². The fraction of sp³-hybridized carbons (Fsp3) is 0.643. The third-order valence-electron chi connectivity index (χ3n) is 3.90. The number of hydrogen-bond donors (Lipinski definition) is 1. The van der Waals surface area contributed by atoms with Gasteiger partial charge >= 0.3 is 0 Å². The molecular weight excluding hydrogens is 276 g/mol. The van der Waals surface area contributed by atoms with Gasteiger partial charge in [-0.3, -0.25) is 4.79 Å². The van der Waals surface area contributed by atoms with Crippen LogP contribution in [-0.4, -0.2) is 41.7 Å². The summed E-state index contributed by atoms with van der Waals surface area (Å²) in [5.74, 6) is 2.50. The lowest BCUT2D eigenvalue weighted by molar-refractivity contribution is 0.0549. The van der Waals surface area contributed by atoms with Gasteiger partial charge in [0.2, 0.25) is 0 Å². The molecule has 1 aromatic rings. The van der Waals surface area contributed by atoms with Gasteiger partial charge in [0.05, 0.1) is 4.88 Å². The standard InChI is InChI=1S/C14H20N2OS2/c1-9-6-15-7-10(2)16(9)14(17)13-5-11-8-18-4-3-12(11)19-13/h5,9-10,15H,3-4,6-8H2,1-2H3. The second-order valence-corrected chi connectivity index (χ2v) is 7.67. The van der Waals surface area contributed by atoms with Crippen LogP contribution in [0.5, 0.6) is 0 Å². The Kier molecular flexibility index (Phi) is 3.87. The number of nitrogens with zero attached hydrogens (tertiary/aromatic N) is 1. The number of carbonyl (C=O) groups is 1. The van der Waals surface area contributed by atoms with Crippen molar-refractivity contribution in [3.8, 4) is 0 Å². The van der Waals surface area contributed by atoms with E-state index in [9.17, 15) is 4.79 Å². The zero-order valence-electron chi connectivity index (χ0n) is 11.4. The van der Waals surface area contributed by atoms with Crippen LogP contribution < -0.4 is 5.32 Å². The smallest absolute Gasteiger partial charge is 0.264 e. The molecule has 1 fully saturated rings. The van der Waals surface area contributed by atoms with Gasteiger partial charge in [-0.1, -0.05) is 0 Å². The van der Waals surface area contributed by atoms with Gasteiger partial charge in [-0.2, -0.15) is 11.8 Å². The molecule has 1 N–H and O–H groups in total. The van der Waals surface area contributed by atoms with E-state index in [-0.39, 0.29) is 18.0 Å². The quantitative estimate of drug-likeness (QED) is 0.863. The van der Waals surface area contributed by atoms with Gasteiger partial charge in [0.15, 0.2) is 0 Å². The number of hydrogen-bond acceptors (Lipinski definition) is 4. The van der Waals surface area contributed by atoms with Gasteiger partial charge in [0.1, 0.15) is 0 Å². The summed E-state index contributed by atoms with van der Waals surface area (Å²) in [4.78, 5) is 17.2. The van der Waals surface area contributed by atoms with Crippen LogP contribution >= 0.6 is 23.1 Å². The summed E-state index contributed by atoms with van der Waals surface area (Å²) in [5, 5.41) is 3.38. The fourth-order valence-electron chi connectivity index (χ4n) is 2.91. The molecule has 2 aliphatic rings. The summed E-state index contributed by atoms with van der Waals surface area (Å²) in [6, 6.07) is 2.70. The number of aryl methyl sites for hydroxylation is 1. The SMILES string of the molecule is CC1CNCC(C)N1C(=O)c1cc2c(s1)CCSC2. The number of rotatable bonds is 1. The van der Waals surface area contributed by atoms with Crippen molar-refractivity contribution in [2.24, 2.45) is 0 Å². The summed E-state index contributed by atoms with van der Waals surface area (Å²) in [6.07, 6.45) is 1.13. The molecule has 3 nitrogen and oxygen atoms in total. The Bertz CT molecular complexity index is 452. The molecule has 3 heterocycles. The number of carbonyl (C=O) groups excluding carboxylic acids is 1. The van der Waals surface area contributed by atoms with Crippen molar-refractivity contribution in [1.82, 2.24) is 10.2 Å². The van der Waals surface area contributed by atoms with Gasteiger partial charge in [-0.25, -0.2) is 0 Å². The van der Waals surface area contributed by atoms with Crippen LogP contribution in [-0.2, 0) is 12.2 Å². The molecule has 2 atom stereocenters. The van der Waals surface area contributed by atoms with E-state index in [0.717, 1.165) is 30.1 Å². The first-order valence-corrected chi connectivity index (χ1v) is 8.86. The molecule has 1 aromatic heterocycles. The predicted molar refractivity (Wildman–Crippen MR) is 82.1 cm³/mol. The van der Waals surface area contributed by atoms with E-state index < -0.39 is 0 Å². The molecule has 0 bridgehead atoms. The average molecular weight is 296 g/mol. The monoisotopic (exact) mass is 296 g/mol. The molecule has 0 aromatic carbocycles. The van der Waals surface area contributed by atoms with Crippen molar-refractivity contribution in [2.75, 3.05) is 18.8 Å². The van der Waals surface area contributed by atoms with Crippen LogP contribution in [0.25, 0.3) is 0 Å². The normalized spacial score (nSPS) is 27.2. The number of fused-ring (bicyclic) bond motifs is 1. The van der Waals surface area contributed by atoms with Gasteiger partial charge < -0.3 is 10.2 Å². The zero-order valence-corrected chi connectivity index (χ0v) is 13.1. The molecule has 0 radical (unpaired) electrons. The van der Waals surface area contributed by atoms with E-state index in [1.54, 1.807) is 11.3 Å². The van der Waals surface area contributed by atoms with Crippen molar-refractivity contribution >= 4 is 29.0 Å². The van der Waals surface area contributed by atoms with Crippen LogP contribution in [0.15, 0.2) is 6.07 Å². The van der Waals surface area contributed by atoms with Crippen LogP contribution in [0.4, 0.5) is 0 Å². The van der Waals surface area contributed by atoms with Crippen molar-refractivity contribution in [2.45, 2.75) is 38.1 Å². The highest BCUT2D eigenvalue weighted by Gasteiger charge is 2.31. The Morgan fingerprint density at radius 2 is 2.11 bits per heavy atom. The summed E-state index contributed by atoms with van der Waals surface area (Å²) >= 11 is 3.69. The third kappa shape index (κ3) is 2.56. The Morgan fingerprint density at radius 3 is 2.79 bits per heavy atom. The van der Waals surface area contributed by atoms with Crippen molar-refractivity contribution in [3.05, 3.63) is 21.4 Å². The molecule has 0 saturated carbocycles. The molecular formula is C14H20N2OS2. The highest BCUT2D eigenvalue weighted by Crippen LogP contribution is 2.32. The van der Waals surface area contributed by atoms with E-state index in [4.69, 9.17) is 0 Å². The largest absolute Gasteiger partial charge is 0.330 e. The molecule has 2 unspecified atom stereocenters. The number of piperazine rings is 1. The number of amides is 1. The van der Waals surface area contributed by atoms with E-state index in [1.165, 1.54) is 16.2 Å². The van der Waals surface area contributed by atoms with Gasteiger partial charge in [-0.05, 0) is 37.7 Å². The summed E-state index contributed by atoms with van der Waals surface area (Å²) in [7, 11) is 0. The molecule has 1 saturated heterocycles. The lowest BCUT2D eigenvalue weighted by Crippen LogP contribution is -2.57. The Balaban J connectivity index is 1.84. The summed E-state index contributed by atoms with van der Waals surface area (Å²) in [5.41, 5.74) is 1.39. The van der Waals surface area contributed by atoms with Crippen LogP contribution in [0, 0.1) is 0 Å². The van der Waals surface area contributed by atoms with E-state index >= 15 is 0 Å². The third-order valence-corrected chi connectivity index (χ3v) is 6.14. The number of nitrogens with one attached hydrogen (secondary N) is 1. The maximum Gasteiger partial charge on any atom is 0.264 e. The highest BCUT2D eigenvalue weighted by atomic mass is 32.2. The molecule has 19 heavy (non-hydrogen) atoms. The van der Waals surface area contributed by atoms with Gasteiger partial charge in [-0.15, -0.1) is 11.3 Å². The van der Waals surface area contributed by atoms with E-state index in [1.807, 2.05) is 11.8 Å². The Hall–Kier alpha value is -0.520. The second kappa shape index (κ2) is 5.46. The van der Waals surface area contributed by atoms with Gasteiger partial charge in [0, 0.05) is 35.8 Å². The maximum atomic E-state index is 12.7. The van der Waals surface area contributed by atoms with E-state index in [2.05, 4.69) is 30.1 Å². The minimum absolute atomic E-state index is 0.228.